The molecule has 1 fully saturated rings. The van der Waals surface area contributed by atoms with Gasteiger partial charge < -0.3 is 10.3 Å². The summed E-state index contributed by atoms with van der Waals surface area (Å²) in [5, 5.41) is 3.54. The van der Waals surface area contributed by atoms with Crippen LogP contribution in [0.5, 0.6) is 0 Å². The molecule has 0 radical (unpaired) electrons. The van der Waals surface area contributed by atoms with Gasteiger partial charge in [-0.05, 0) is 54.0 Å². The smallest absolute Gasteiger partial charge is 0.266 e. The van der Waals surface area contributed by atoms with Crippen molar-refractivity contribution in [3.63, 3.8) is 0 Å². The number of aromatic nitrogens is 1. The number of thioether (sulfide) groups is 1. The number of amides is 2. The van der Waals surface area contributed by atoms with Gasteiger partial charge in [-0.2, -0.15) is 0 Å². The Hall–Kier alpha value is -3.04. The molecular weight excluding hydrogens is 440 g/mol. The van der Waals surface area contributed by atoms with Crippen LogP contribution in [0.3, 0.4) is 0 Å². The summed E-state index contributed by atoms with van der Waals surface area (Å²) in [5.41, 5.74) is 2.39. The van der Waals surface area contributed by atoms with Gasteiger partial charge in [0.1, 0.15) is 22.5 Å². The van der Waals surface area contributed by atoms with Crippen LogP contribution in [0, 0.1) is 11.6 Å². The predicted molar refractivity (Wildman–Crippen MR) is 121 cm³/mol. The molecule has 4 rings (SSSR count). The van der Waals surface area contributed by atoms with Gasteiger partial charge in [0, 0.05) is 23.6 Å². The topological polar surface area (TPSA) is 65.2 Å². The standard InChI is InChI=1S/C22H17F2N3O2S2/c23-15-3-1-13(2-4-15)9-19-21(29)27(22(30)31-19)12-20(28)25-8-7-14-11-26-18-6-5-16(24)10-17(14)18/h1-6,9-11,26H,7-8,12H2,(H,25,28)/b19-9-. The number of carbonyl (C=O) groups excluding carboxylic acids is 2. The van der Waals surface area contributed by atoms with Crippen LogP contribution in [-0.4, -0.2) is 39.1 Å². The number of nitrogens with one attached hydrogen (secondary N) is 2. The molecule has 2 amide bonds. The summed E-state index contributed by atoms with van der Waals surface area (Å²) in [5.74, 6) is -1.38. The lowest BCUT2D eigenvalue weighted by Gasteiger charge is -2.14. The molecule has 3 aromatic rings. The Labute approximate surface area is 186 Å². The van der Waals surface area contributed by atoms with E-state index in [-0.39, 0.29) is 30.0 Å². The van der Waals surface area contributed by atoms with Crippen LogP contribution in [0.2, 0.25) is 0 Å². The molecule has 0 unspecified atom stereocenters. The van der Waals surface area contributed by atoms with Crippen LogP contribution in [0.15, 0.2) is 53.6 Å². The summed E-state index contributed by atoms with van der Waals surface area (Å²) >= 11 is 6.34. The SMILES string of the molecule is O=C(CN1C(=O)/C(=C/c2ccc(F)cc2)SC1=S)NCCc1c[nH]c2ccc(F)cc12. The summed E-state index contributed by atoms with van der Waals surface area (Å²) in [6, 6.07) is 10.2. The van der Waals surface area contributed by atoms with E-state index in [4.69, 9.17) is 12.2 Å². The summed E-state index contributed by atoms with van der Waals surface area (Å²) in [6.07, 6.45) is 3.92. The lowest BCUT2D eigenvalue weighted by molar-refractivity contribution is -0.128. The Morgan fingerprint density at radius 3 is 2.68 bits per heavy atom. The van der Waals surface area contributed by atoms with E-state index in [0.717, 1.165) is 28.2 Å². The van der Waals surface area contributed by atoms with Crippen molar-refractivity contribution < 1.29 is 18.4 Å². The van der Waals surface area contributed by atoms with Gasteiger partial charge >= 0.3 is 0 Å². The number of halogens is 2. The number of carbonyl (C=O) groups is 2. The fourth-order valence-electron chi connectivity index (χ4n) is 3.24. The van der Waals surface area contributed by atoms with Crippen molar-refractivity contribution in [2.45, 2.75) is 6.42 Å². The molecule has 2 N–H and O–H groups in total. The van der Waals surface area contributed by atoms with Crippen molar-refractivity contribution in [1.82, 2.24) is 15.2 Å². The van der Waals surface area contributed by atoms with Gasteiger partial charge in [-0.15, -0.1) is 0 Å². The third-order valence-corrected chi connectivity index (χ3v) is 6.17. The fourth-order valence-corrected chi connectivity index (χ4v) is 4.50. The van der Waals surface area contributed by atoms with E-state index in [1.54, 1.807) is 30.5 Å². The Balaban J connectivity index is 1.33. The minimum atomic E-state index is -0.362. The third kappa shape index (κ3) is 4.83. The second-order valence-corrected chi connectivity index (χ2v) is 8.60. The summed E-state index contributed by atoms with van der Waals surface area (Å²) in [6.45, 7) is 0.149. The van der Waals surface area contributed by atoms with E-state index in [9.17, 15) is 18.4 Å². The molecule has 2 aromatic carbocycles. The molecule has 1 aromatic heterocycles. The normalized spacial score (nSPS) is 15.3. The summed E-state index contributed by atoms with van der Waals surface area (Å²) in [4.78, 5) is 29.6. The molecule has 31 heavy (non-hydrogen) atoms. The molecule has 9 heteroatoms. The molecule has 0 bridgehead atoms. The van der Waals surface area contributed by atoms with Gasteiger partial charge in [0.25, 0.3) is 5.91 Å². The number of hydrogen-bond acceptors (Lipinski definition) is 4. The number of thiocarbonyl (C=S) groups is 1. The van der Waals surface area contributed by atoms with E-state index in [1.165, 1.54) is 29.2 Å². The van der Waals surface area contributed by atoms with Crippen LogP contribution in [0.4, 0.5) is 8.78 Å². The number of rotatable bonds is 6. The molecule has 1 saturated heterocycles. The van der Waals surface area contributed by atoms with Crippen molar-refractivity contribution in [3.8, 4) is 0 Å². The maximum atomic E-state index is 13.5. The quantitative estimate of drug-likeness (QED) is 0.434. The highest BCUT2D eigenvalue weighted by Gasteiger charge is 2.33. The lowest BCUT2D eigenvalue weighted by atomic mass is 10.1. The van der Waals surface area contributed by atoms with Crippen molar-refractivity contribution in [2.75, 3.05) is 13.1 Å². The Kier molecular flexibility index (Phi) is 6.15. The first kappa shape index (κ1) is 21.2. The van der Waals surface area contributed by atoms with Crippen molar-refractivity contribution in [3.05, 3.63) is 76.3 Å². The number of hydrogen-bond donors (Lipinski definition) is 2. The predicted octanol–water partition coefficient (Wildman–Crippen LogP) is 4.01. The lowest BCUT2D eigenvalue weighted by Crippen LogP contribution is -2.40. The molecule has 2 heterocycles. The molecule has 0 spiro atoms. The zero-order chi connectivity index (χ0) is 22.0. The number of nitrogens with zero attached hydrogens (tertiary/aromatic N) is 1. The first-order valence-corrected chi connectivity index (χ1v) is 10.7. The number of fused-ring (bicyclic) bond motifs is 1. The second-order valence-electron chi connectivity index (χ2n) is 6.92. The average Bonchev–Trinajstić information content (AvgIpc) is 3.25. The largest absolute Gasteiger partial charge is 0.361 e. The Bertz CT molecular complexity index is 1210. The first-order chi connectivity index (χ1) is 14.9. The van der Waals surface area contributed by atoms with Gasteiger partial charge in [0.2, 0.25) is 5.91 Å². The van der Waals surface area contributed by atoms with Crippen LogP contribution in [0.25, 0.3) is 17.0 Å². The van der Waals surface area contributed by atoms with Crippen LogP contribution in [0.1, 0.15) is 11.1 Å². The monoisotopic (exact) mass is 457 g/mol. The van der Waals surface area contributed by atoms with Crippen molar-refractivity contribution in [2.24, 2.45) is 0 Å². The summed E-state index contributed by atoms with van der Waals surface area (Å²) in [7, 11) is 0. The summed E-state index contributed by atoms with van der Waals surface area (Å²) < 4.78 is 26.8. The minimum Gasteiger partial charge on any atom is -0.361 e. The molecule has 1 aliphatic heterocycles. The molecular formula is C22H17F2N3O2S2. The maximum absolute atomic E-state index is 13.5. The number of H-pyrrole nitrogens is 1. The highest BCUT2D eigenvalue weighted by atomic mass is 32.2. The van der Waals surface area contributed by atoms with E-state index >= 15 is 0 Å². The Morgan fingerprint density at radius 2 is 1.90 bits per heavy atom. The van der Waals surface area contributed by atoms with Crippen LogP contribution in [-0.2, 0) is 16.0 Å². The van der Waals surface area contributed by atoms with Gasteiger partial charge in [-0.25, -0.2) is 8.78 Å². The van der Waals surface area contributed by atoms with E-state index in [1.807, 2.05) is 0 Å². The number of benzene rings is 2. The highest BCUT2D eigenvalue weighted by molar-refractivity contribution is 8.26. The highest BCUT2D eigenvalue weighted by Crippen LogP contribution is 2.32. The average molecular weight is 458 g/mol. The third-order valence-electron chi connectivity index (χ3n) is 4.79. The number of aromatic amines is 1. The molecule has 158 valence electrons. The van der Waals surface area contributed by atoms with Gasteiger partial charge in [0.15, 0.2) is 0 Å². The zero-order valence-corrected chi connectivity index (χ0v) is 17.8. The second kappa shape index (κ2) is 8.99. The van der Waals surface area contributed by atoms with Crippen molar-refractivity contribution >= 4 is 57.1 Å². The van der Waals surface area contributed by atoms with Crippen molar-refractivity contribution in [1.29, 1.82) is 0 Å². The Morgan fingerprint density at radius 1 is 1.16 bits per heavy atom. The van der Waals surface area contributed by atoms with Gasteiger partial charge in [-0.3, -0.25) is 14.5 Å². The molecule has 0 atom stereocenters. The minimum absolute atomic E-state index is 0.187. The van der Waals surface area contributed by atoms with Gasteiger partial charge in [-0.1, -0.05) is 36.1 Å². The molecule has 5 nitrogen and oxygen atoms in total. The van der Waals surface area contributed by atoms with Crippen LogP contribution < -0.4 is 5.32 Å². The molecule has 1 aliphatic rings. The zero-order valence-electron chi connectivity index (χ0n) is 16.2. The molecule has 0 aliphatic carbocycles. The fraction of sp³-hybridized carbons (Fsp3) is 0.136. The van der Waals surface area contributed by atoms with E-state index in [0.29, 0.717) is 27.8 Å². The molecule has 0 saturated carbocycles. The first-order valence-electron chi connectivity index (χ1n) is 9.44. The van der Waals surface area contributed by atoms with Crippen LogP contribution >= 0.6 is 24.0 Å². The van der Waals surface area contributed by atoms with Gasteiger partial charge in [0.05, 0.1) is 4.91 Å². The maximum Gasteiger partial charge on any atom is 0.266 e. The van der Waals surface area contributed by atoms with E-state index in [2.05, 4.69) is 10.3 Å². The van der Waals surface area contributed by atoms with E-state index < -0.39 is 0 Å².